The van der Waals surface area contributed by atoms with Crippen LogP contribution in [0.25, 0.3) is 0 Å². The maximum atomic E-state index is 12.5. The van der Waals surface area contributed by atoms with E-state index < -0.39 is 0 Å². The highest BCUT2D eigenvalue weighted by molar-refractivity contribution is 5.82. The van der Waals surface area contributed by atoms with Crippen LogP contribution in [0.2, 0.25) is 0 Å². The van der Waals surface area contributed by atoms with Gasteiger partial charge in [-0.2, -0.15) is 0 Å². The molecule has 1 saturated carbocycles. The standard InChI is InChI=1S/C14H24N2O/c17-13(16-9-3-1-2-4-10-16)12-11-14(12)5-7-15-8-6-14/h12,15H,1-11H2. The van der Waals surface area contributed by atoms with Crippen LogP contribution in [0.1, 0.15) is 44.9 Å². The predicted octanol–water partition coefficient (Wildman–Crippen LogP) is 1.78. The lowest BCUT2D eigenvalue weighted by atomic mass is 9.91. The highest BCUT2D eigenvalue weighted by Gasteiger charge is 2.58. The number of carbonyl (C=O) groups excluding carboxylic acids is 1. The highest BCUT2D eigenvalue weighted by atomic mass is 16.2. The van der Waals surface area contributed by atoms with Crippen LogP contribution < -0.4 is 5.32 Å². The molecule has 0 aromatic heterocycles. The fourth-order valence-corrected chi connectivity index (χ4v) is 3.69. The number of hydrogen-bond acceptors (Lipinski definition) is 2. The van der Waals surface area contributed by atoms with Gasteiger partial charge in [-0.25, -0.2) is 0 Å². The molecule has 1 N–H and O–H groups in total. The summed E-state index contributed by atoms with van der Waals surface area (Å²) in [5.41, 5.74) is 0.411. The number of rotatable bonds is 1. The maximum Gasteiger partial charge on any atom is 0.226 e. The molecule has 1 unspecified atom stereocenters. The first-order valence-corrected chi connectivity index (χ1v) is 7.31. The van der Waals surface area contributed by atoms with Gasteiger partial charge in [0, 0.05) is 19.0 Å². The molecule has 3 rings (SSSR count). The Morgan fingerprint density at radius 2 is 1.71 bits per heavy atom. The van der Waals surface area contributed by atoms with E-state index in [1.54, 1.807) is 0 Å². The molecule has 3 heteroatoms. The quantitative estimate of drug-likeness (QED) is 0.752. The molecule has 17 heavy (non-hydrogen) atoms. The predicted molar refractivity (Wildman–Crippen MR) is 67.7 cm³/mol. The third-order valence-electron chi connectivity index (χ3n) is 5.00. The molecule has 2 heterocycles. The zero-order valence-corrected chi connectivity index (χ0v) is 10.7. The summed E-state index contributed by atoms with van der Waals surface area (Å²) in [6.07, 6.45) is 8.66. The molecule has 2 aliphatic heterocycles. The topological polar surface area (TPSA) is 32.3 Å². The van der Waals surface area contributed by atoms with Crippen molar-refractivity contribution in [2.24, 2.45) is 11.3 Å². The molecule has 0 aromatic rings. The number of hydrogen-bond donors (Lipinski definition) is 1. The molecule has 1 spiro atoms. The molecule has 0 radical (unpaired) electrons. The van der Waals surface area contributed by atoms with Crippen molar-refractivity contribution in [3.05, 3.63) is 0 Å². The van der Waals surface area contributed by atoms with Gasteiger partial charge in [-0.1, -0.05) is 12.8 Å². The lowest BCUT2D eigenvalue weighted by Gasteiger charge is -2.26. The van der Waals surface area contributed by atoms with E-state index in [-0.39, 0.29) is 0 Å². The van der Waals surface area contributed by atoms with Crippen LogP contribution in [0.5, 0.6) is 0 Å². The van der Waals surface area contributed by atoms with Crippen molar-refractivity contribution in [2.45, 2.75) is 44.9 Å². The molecule has 0 bridgehead atoms. The summed E-state index contributed by atoms with van der Waals surface area (Å²) in [4.78, 5) is 14.7. The van der Waals surface area contributed by atoms with Gasteiger partial charge in [0.15, 0.2) is 0 Å². The second-order valence-corrected chi connectivity index (χ2v) is 6.11. The molecule has 2 saturated heterocycles. The largest absolute Gasteiger partial charge is 0.342 e. The minimum atomic E-state index is 0.377. The van der Waals surface area contributed by atoms with Gasteiger partial charge in [0.2, 0.25) is 5.91 Å². The van der Waals surface area contributed by atoms with Crippen molar-refractivity contribution < 1.29 is 4.79 Å². The summed E-state index contributed by atoms with van der Waals surface area (Å²) in [5, 5.41) is 3.40. The average Bonchev–Trinajstić information content (AvgIpc) is 3.10. The number of carbonyl (C=O) groups is 1. The van der Waals surface area contributed by atoms with Gasteiger partial charge < -0.3 is 10.2 Å². The van der Waals surface area contributed by atoms with E-state index in [9.17, 15) is 4.79 Å². The molecule has 3 fully saturated rings. The van der Waals surface area contributed by atoms with Crippen molar-refractivity contribution >= 4 is 5.91 Å². The van der Waals surface area contributed by atoms with Crippen LogP contribution in [-0.2, 0) is 4.79 Å². The zero-order valence-electron chi connectivity index (χ0n) is 10.7. The number of nitrogens with zero attached hydrogens (tertiary/aromatic N) is 1. The summed E-state index contributed by atoms with van der Waals surface area (Å²) in [6, 6.07) is 0. The summed E-state index contributed by atoms with van der Waals surface area (Å²) >= 11 is 0. The van der Waals surface area contributed by atoms with Crippen molar-refractivity contribution in [1.29, 1.82) is 0 Å². The van der Waals surface area contributed by atoms with Crippen molar-refractivity contribution in [1.82, 2.24) is 10.2 Å². The first kappa shape index (κ1) is 11.5. The zero-order chi connectivity index (χ0) is 11.7. The van der Waals surface area contributed by atoms with E-state index in [4.69, 9.17) is 0 Å². The Balaban J connectivity index is 1.59. The normalized spacial score (nSPS) is 32.2. The van der Waals surface area contributed by atoms with Gasteiger partial charge in [-0.15, -0.1) is 0 Å². The van der Waals surface area contributed by atoms with Gasteiger partial charge in [0.1, 0.15) is 0 Å². The van der Waals surface area contributed by atoms with Crippen LogP contribution in [-0.4, -0.2) is 37.0 Å². The lowest BCUT2D eigenvalue weighted by Crippen LogP contribution is -2.37. The van der Waals surface area contributed by atoms with Crippen molar-refractivity contribution in [3.63, 3.8) is 0 Å². The Morgan fingerprint density at radius 3 is 2.35 bits per heavy atom. The van der Waals surface area contributed by atoms with Gasteiger partial charge in [0.05, 0.1) is 0 Å². The second-order valence-electron chi connectivity index (χ2n) is 6.11. The maximum absolute atomic E-state index is 12.5. The van der Waals surface area contributed by atoms with Crippen LogP contribution in [0.3, 0.4) is 0 Å². The number of likely N-dealkylation sites (tertiary alicyclic amines) is 1. The van der Waals surface area contributed by atoms with E-state index >= 15 is 0 Å². The minimum Gasteiger partial charge on any atom is -0.342 e. The smallest absolute Gasteiger partial charge is 0.226 e. The lowest BCUT2D eigenvalue weighted by molar-refractivity contribution is -0.133. The molecule has 1 aliphatic carbocycles. The Labute approximate surface area is 104 Å². The monoisotopic (exact) mass is 236 g/mol. The van der Waals surface area contributed by atoms with Gasteiger partial charge in [-0.05, 0) is 50.6 Å². The van der Waals surface area contributed by atoms with Gasteiger partial charge in [-0.3, -0.25) is 4.79 Å². The summed E-state index contributed by atoms with van der Waals surface area (Å²) in [6.45, 7) is 4.26. The third kappa shape index (κ3) is 2.22. The van der Waals surface area contributed by atoms with E-state index in [2.05, 4.69) is 10.2 Å². The Kier molecular flexibility index (Phi) is 3.12. The van der Waals surface area contributed by atoms with Crippen molar-refractivity contribution in [3.8, 4) is 0 Å². The van der Waals surface area contributed by atoms with Crippen LogP contribution in [0.4, 0.5) is 0 Å². The fraction of sp³-hybridized carbons (Fsp3) is 0.929. The van der Waals surface area contributed by atoms with E-state index in [1.165, 1.54) is 44.9 Å². The van der Waals surface area contributed by atoms with E-state index in [1.807, 2.05) is 0 Å². The highest BCUT2D eigenvalue weighted by Crippen LogP contribution is 2.59. The Morgan fingerprint density at radius 1 is 1.06 bits per heavy atom. The first-order chi connectivity index (χ1) is 8.32. The number of nitrogens with one attached hydrogen (secondary N) is 1. The molecule has 96 valence electrons. The van der Waals surface area contributed by atoms with Crippen LogP contribution in [0.15, 0.2) is 0 Å². The number of amides is 1. The van der Waals surface area contributed by atoms with Gasteiger partial charge in [0.25, 0.3) is 0 Å². The van der Waals surface area contributed by atoms with E-state index in [0.29, 0.717) is 17.2 Å². The molecular weight excluding hydrogens is 212 g/mol. The molecule has 3 nitrogen and oxygen atoms in total. The van der Waals surface area contributed by atoms with E-state index in [0.717, 1.165) is 26.2 Å². The SMILES string of the molecule is O=C(C1CC12CCNCC2)N1CCCCCC1. The molecule has 3 aliphatic rings. The summed E-state index contributed by atoms with van der Waals surface area (Å²) in [7, 11) is 0. The van der Waals surface area contributed by atoms with Crippen LogP contribution in [0, 0.1) is 11.3 Å². The summed E-state index contributed by atoms with van der Waals surface area (Å²) < 4.78 is 0. The molecular formula is C14H24N2O. The fourth-order valence-electron chi connectivity index (χ4n) is 3.69. The first-order valence-electron chi connectivity index (χ1n) is 7.31. The minimum absolute atomic E-state index is 0.377. The van der Waals surface area contributed by atoms with Crippen molar-refractivity contribution in [2.75, 3.05) is 26.2 Å². The number of piperidine rings is 1. The molecule has 1 amide bonds. The summed E-state index contributed by atoms with van der Waals surface area (Å²) in [5.74, 6) is 0.858. The second kappa shape index (κ2) is 4.60. The Bertz CT molecular complexity index is 289. The molecule has 1 atom stereocenters. The van der Waals surface area contributed by atoms with Crippen LogP contribution >= 0.6 is 0 Å². The Hall–Kier alpha value is -0.570. The average molecular weight is 236 g/mol. The molecule has 0 aromatic carbocycles. The third-order valence-corrected chi connectivity index (χ3v) is 5.00. The van der Waals surface area contributed by atoms with Gasteiger partial charge >= 0.3 is 0 Å².